The molecule has 1 radical (unpaired) electrons. The van der Waals surface area contributed by atoms with Crippen LogP contribution in [0, 0.1) is 0 Å². The second kappa shape index (κ2) is 3.60. The van der Waals surface area contributed by atoms with Crippen molar-refractivity contribution in [3.05, 3.63) is 12.3 Å². The minimum absolute atomic E-state index is 0.296. The van der Waals surface area contributed by atoms with Gasteiger partial charge in [-0.25, -0.2) is 0 Å². The minimum atomic E-state index is 0.296. The highest BCUT2D eigenvalue weighted by Gasteiger charge is 2.13. The monoisotopic (exact) mass is 177 g/mol. The third kappa shape index (κ3) is 1.71. The van der Waals surface area contributed by atoms with Gasteiger partial charge in [-0.3, -0.25) is 5.73 Å². The van der Waals surface area contributed by atoms with Crippen molar-refractivity contribution >= 4 is 11.5 Å². The van der Waals surface area contributed by atoms with E-state index in [2.05, 4.69) is 15.1 Å². The van der Waals surface area contributed by atoms with Gasteiger partial charge in [0.25, 0.3) is 0 Å². The molecule has 69 valence electrons. The van der Waals surface area contributed by atoms with Crippen LogP contribution in [-0.2, 0) is 0 Å². The predicted octanol–water partition coefficient (Wildman–Crippen LogP) is 1.38. The Morgan fingerprint density at radius 1 is 1.23 bits per heavy atom. The van der Waals surface area contributed by atoms with Gasteiger partial charge in [0.05, 0.1) is 11.9 Å². The van der Waals surface area contributed by atoms with Crippen LogP contribution in [0.3, 0.4) is 0 Å². The maximum Gasteiger partial charge on any atom is 0.190 e. The Morgan fingerprint density at radius 2 is 2.00 bits per heavy atom. The molecule has 1 saturated heterocycles. The summed E-state index contributed by atoms with van der Waals surface area (Å²) in [7, 11) is 0. The summed E-state index contributed by atoms with van der Waals surface area (Å²) in [6, 6.07) is 1.88. The number of nitrogens with zero attached hydrogens (tertiary/aromatic N) is 3. The molecular formula is C9H13N4. The Kier molecular flexibility index (Phi) is 2.29. The lowest BCUT2D eigenvalue weighted by Crippen LogP contribution is -2.29. The van der Waals surface area contributed by atoms with Gasteiger partial charge in [-0.05, 0) is 25.3 Å². The van der Waals surface area contributed by atoms with Crippen LogP contribution in [0.25, 0.3) is 0 Å². The molecule has 0 unspecified atom stereocenters. The predicted molar refractivity (Wildman–Crippen MR) is 50.9 cm³/mol. The van der Waals surface area contributed by atoms with E-state index in [1.54, 1.807) is 6.20 Å². The molecule has 4 nitrogen and oxygen atoms in total. The minimum Gasteiger partial charge on any atom is -0.368 e. The fourth-order valence-electron chi connectivity index (χ4n) is 1.72. The molecule has 0 spiro atoms. The van der Waals surface area contributed by atoms with E-state index in [0.29, 0.717) is 5.82 Å². The summed E-state index contributed by atoms with van der Waals surface area (Å²) in [4.78, 5) is 2.22. The van der Waals surface area contributed by atoms with Crippen molar-refractivity contribution < 1.29 is 0 Å². The van der Waals surface area contributed by atoms with Crippen LogP contribution in [0.5, 0.6) is 0 Å². The summed E-state index contributed by atoms with van der Waals surface area (Å²) in [5.74, 6) is 0.296. The molecule has 1 fully saturated rings. The molecule has 0 bridgehead atoms. The molecule has 1 aliphatic heterocycles. The Labute approximate surface area is 77.8 Å². The lowest BCUT2D eigenvalue weighted by Gasteiger charge is -2.28. The third-order valence-electron chi connectivity index (χ3n) is 2.40. The van der Waals surface area contributed by atoms with Crippen molar-refractivity contribution in [2.24, 2.45) is 0 Å². The molecule has 2 rings (SSSR count). The first-order chi connectivity index (χ1) is 6.38. The van der Waals surface area contributed by atoms with E-state index >= 15 is 0 Å². The molecule has 1 aliphatic rings. The van der Waals surface area contributed by atoms with Crippen LogP contribution >= 0.6 is 0 Å². The van der Waals surface area contributed by atoms with Crippen LogP contribution in [-0.4, -0.2) is 23.3 Å². The van der Waals surface area contributed by atoms with Crippen molar-refractivity contribution in [3.8, 4) is 0 Å². The van der Waals surface area contributed by atoms with Crippen LogP contribution in [0.15, 0.2) is 12.3 Å². The van der Waals surface area contributed by atoms with Crippen molar-refractivity contribution in [2.45, 2.75) is 19.3 Å². The van der Waals surface area contributed by atoms with E-state index in [1.807, 2.05) is 6.07 Å². The molecule has 0 saturated carbocycles. The first kappa shape index (κ1) is 8.29. The van der Waals surface area contributed by atoms with E-state index in [9.17, 15) is 0 Å². The van der Waals surface area contributed by atoms with Gasteiger partial charge in [0, 0.05) is 13.1 Å². The van der Waals surface area contributed by atoms with Crippen molar-refractivity contribution in [3.63, 3.8) is 0 Å². The van der Waals surface area contributed by atoms with Crippen molar-refractivity contribution in [1.29, 1.82) is 0 Å². The first-order valence-electron chi connectivity index (χ1n) is 4.66. The molecule has 13 heavy (non-hydrogen) atoms. The smallest absolute Gasteiger partial charge is 0.190 e. The average molecular weight is 177 g/mol. The average Bonchev–Trinajstić information content (AvgIpc) is 2.20. The highest BCUT2D eigenvalue weighted by atomic mass is 15.2. The lowest BCUT2D eigenvalue weighted by molar-refractivity contribution is 0.577. The molecule has 1 aromatic heterocycles. The zero-order valence-electron chi connectivity index (χ0n) is 7.53. The summed E-state index contributed by atoms with van der Waals surface area (Å²) >= 11 is 0. The van der Waals surface area contributed by atoms with Crippen LogP contribution in [0.1, 0.15) is 19.3 Å². The molecule has 0 atom stereocenters. The number of anilines is 1. The van der Waals surface area contributed by atoms with Gasteiger partial charge in [0.2, 0.25) is 0 Å². The highest BCUT2D eigenvalue weighted by Crippen LogP contribution is 2.23. The summed E-state index contributed by atoms with van der Waals surface area (Å²) in [5, 5.41) is 7.40. The summed E-state index contributed by atoms with van der Waals surface area (Å²) in [6.07, 6.45) is 5.41. The molecule has 0 amide bonds. The Balaban J connectivity index is 2.18. The van der Waals surface area contributed by atoms with E-state index < -0.39 is 0 Å². The number of piperidine rings is 1. The van der Waals surface area contributed by atoms with E-state index in [4.69, 9.17) is 5.73 Å². The number of hydrogen-bond donors (Lipinski definition) is 0. The van der Waals surface area contributed by atoms with E-state index in [1.165, 1.54) is 19.3 Å². The third-order valence-corrected chi connectivity index (χ3v) is 2.40. The van der Waals surface area contributed by atoms with Gasteiger partial charge in [-0.1, -0.05) is 0 Å². The quantitative estimate of drug-likeness (QED) is 0.651. The van der Waals surface area contributed by atoms with Crippen LogP contribution in [0.2, 0.25) is 0 Å². The second-order valence-electron chi connectivity index (χ2n) is 3.31. The highest BCUT2D eigenvalue weighted by molar-refractivity contribution is 5.60. The van der Waals surface area contributed by atoms with Gasteiger partial charge in [0.15, 0.2) is 5.82 Å². The number of nitrogens with one attached hydrogen (secondary N) is 1. The van der Waals surface area contributed by atoms with Gasteiger partial charge >= 0.3 is 0 Å². The standard InChI is InChI=1S/C9H13N4/c10-9-8(4-5-11-12-9)13-6-2-1-3-7-13/h4-5,10H,1-3,6-7H2. The first-order valence-corrected chi connectivity index (χ1v) is 4.66. The van der Waals surface area contributed by atoms with E-state index in [0.717, 1.165) is 18.8 Å². The Morgan fingerprint density at radius 3 is 2.69 bits per heavy atom. The van der Waals surface area contributed by atoms with Gasteiger partial charge in [0.1, 0.15) is 0 Å². The van der Waals surface area contributed by atoms with E-state index in [-0.39, 0.29) is 0 Å². The fourth-order valence-corrected chi connectivity index (χ4v) is 1.72. The normalized spacial score (nSPS) is 17.4. The van der Waals surface area contributed by atoms with Crippen molar-refractivity contribution in [2.75, 3.05) is 18.0 Å². The number of rotatable bonds is 1. The Hall–Kier alpha value is -1.32. The topological polar surface area (TPSA) is 52.8 Å². The molecule has 1 N–H and O–H groups in total. The molecule has 4 heteroatoms. The molecule has 0 aliphatic carbocycles. The van der Waals surface area contributed by atoms with Gasteiger partial charge in [-0.2, -0.15) is 5.10 Å². The van der Waals surface area contributed by atoms with Gasteiger partial charge < -0.3 is 4.90 Å². The van der Waals surface area contributed by atoms with Gasteiger partial charge in [-0.15, -0.1) is 5.10 Å². The zero-order valence-corrected chi connectivity index (χ0v) is 7.53. The number of hydrogen-bond acceptors (Lipinski definition) is 3. The van der Waals surface area contributed by atoms with Crippen molar-refractivity contribution in [1.82, 2.24) is 15.9 Å². The van der Waals surface area contributed by atoms with Crippen LogP contribution in [0.4, 0.5) is 11.5 Å². The summed E-state index contributed by atoms with van der Waals surface area (Å²) in [5.41, 5.74) is 8.52. The number of aromatic nitrogens is 2. The zero-order chi connectivity index (χ0) is 9.10. The molecule has 0 aromatic carbocycles. The van der Waals surface area contributed by atoms with Crippen LogP contribution < -0.4 is 10.6 Å². The lowest BCUT2D eigenvalue weighted by atomic mass is 10.1. The molecular weight excluding hydrogens is 164 g/mol. The molecule has 2 heterocycles. The second-order valence-corrected chi connectivity index (χ2v) is 3.31. The summed E-state index contributed by atoms with van der Waals surface area (Å²) < 4.78 is 0. The maximum atomic E-state index is 7.59. The summed E-state index contributed by atoms with van der Waals surface area (Å²) in [6.45, 7) is 2.11. The Bertz CT molecular complexity index is 281. The maximum absolute atomic E-state index is 7.59. The largest absolute Gasteiger partial charge is 0.368 e. The fraction of sp³-hybridized carbons (Fsp3) is 0.556. The molecule has 1 aromatic rings. The SMILES string of the molecule is [NH]c1nnccc1N1CCCCC1.